The monoisotopic (exact) mass is 317 g/mol. The Kier molecular flexibility index (Phi) is 5.27. The number of rotatable bonds is 4. The largest absolute Gasteiger partial charge is 0.452 e. The summed E-state index contributed by atoms with van der Waals surface area (Å²) in [6.07, 6.45) is 0. The van der Waals surface area contributed by atoms with E-state index in [-0.39, 0.29) is 11.6 Å². The van der Waals surface area contributed by atoms with Crippen molar-refractivity contribution in [2.24, 2.45) is 0 Å². The molecule has 0 spiro atoms. The van der Waals surface area contributed by atoms with E-state index in [9.17, 15) is 14.0 Å². The number of halogens is 2. The lowest BCUT2D eigenvalue weighted by Crippen LogP contribution is -2.34. The number of carbonyl (C=O) groups excluding carboxylic acids is 2. The van der Waals surface area contributed by atoms with Gasteiger partial charge in [0, 0.05) is 10.5 Å². The van der Waals surface area contributed by atoms with E-state index >= 15 is 0 Å². The number of benzene rings is 1. The van der Waals surface area contributed by atoms with Crippen molar-refractivity contribution in [1.82, 2.24) is 5.32 Å². The Labute approximate surface area is 113 Å². The molecule has 0 aliphatic rings. The van der Waals surface area contributed by atoms with E-state index in [1.54, 1.807) is 13.8 Å². The molecule has 0 radical (unpaired) electrons. The molecule has 0 unspecified atom stereocenters. The van der Waals surface area contributed by atoms with E-state index in [1.807, 2.05) is 0 Å². The highest BCUT2D eigenvalue weighted by molar-refractivity contribution is 9.10. The Morgan fingerprint density at radius 2 is 2.11 bits per heavy atom. The maximum absolute atomic E-state index is 13.3. The minimum Gasteiger partial charge on any atom is -0.452 e. The van der Waals surface area contributed by atoms with Crippen molar-refractivity contribution in [2.75, 3.05) is 6.61 Å². The third-order valence-corrected chi connectivity index (χ3v) is 2.43. The molecule has 1 aromatic carbocycles. The number of hydrogen-bond donors (Lipinski definition) is 1. The number of esters is 1. The first-order valence-electron chi connectivity index (χ1n) is 5.31. The van der Waals surface area contributed by atoms with Gasteiger partial charge in [0.25, 0.3) is 5.91 Å². The van der Waals surface area contributed by atoms with Gasteiger partial charge in [-0.25, -0.2) is 9.18 Å². The van der Waals surface area contributed by atoms with Gasteiger partial charge in [-0.3, -0.25) is 4.79 Å². The molecule has 0 aromatic heterocycles. The summed E-state index contributed by atoms with van der Waals surface area (Å²) in [6.45, 7) is 3.14. The van der Waals surface area contributed by atoms with Crippen LogP contribution in [0.2, 0.25) is 0 Å². The molecule has 1 N–H and O–H groups in total. The van der Waals surface area contributed by atoms with E-state index < -0.39 is 24.3 Å². The first-order valence-corrected chi connectivity index (χ1v) is 6.11. The van der Waals surface area contributed by atoms with Crippen molar-refractivity contribution in [1.29, 1.82) is 0 Å². The third-order valence-electron chi connectivity index (χ3n) is 1.93. The molecule has 0 atom stereocenters. The summed E-state index contributed by atoms with van der Waals surface area (Å²) < 4.78 is 18.6. The number of amides is 1. The van der Waals surface area contributed by atoms with Crippen LogP contribution < -0.4 is 5.32 Å². The van der Waals surface area contributed by atoms with Crippen LogP contribution in [0.5, 0.6) is 0 Å². The molecule has 0 saturated heterocycles. The second-order valence-electron chi connectivity index (χ2n) is 3.92. The minimum atomic E-state index is -0.868. The van der Waals surface area contributed by atoms with E-state index in [0.717, 1.165) is 6.07 Å². The predicted octanol–water partition coefficient (Wildman–Crippen LogP) is 2.27. The predicted molar refractivity (Wildman–Crippen MR) is 67.7 cm³/mol. The van der Waals surface area contributed by atoms with Gasteiger partial charge >= 0.3 is 5.97 Å². The molecule has 0 heterocycles. The SMILES string of the molecule is CC(C)NC(=O)COC(=O)c1cc(Br)ccc1F. The molecule has 0 fully saturated rings. The van der Waals surface area contributed by atoms with Crippen LogP contribution in [-0.4, -0.2) is 24.5 Å². The number of hydrogen-bond acceptors (Lipinski definition) is 3. The smallest absolute Gasteiger partial charge is 0.341 e. The summed E-state index contributed by atoms with van der Waals surface area (Å²) in [7, 11) is 0. The third kappa shape index (κ3) is 4.44. The van der Waals surface area contributed by atoms with E-state index in [0.29, 0.717) is 4.47 Å². The highest BCUT2D eigenvalue weighted by Gasteiger charge is 2.15. The maximum Gasteiger partial charge on any atom is 0.341 e. The van der Waals surface area contributed by atoms with Crippen LogP contribution in [-0.2, 0) is 9.53 Å². The average molecular weight is 318 g/mol. The van der Waals surface area contributed by atoms with Crippen LogP contribution in [0, 0.1) is 5.82 Å². The molecular weight excluding hydrogens is 305 g/mol. The number of ether oxygens (including phenoxy) is 1. The van der Waals surface area contributed by atoms with Gasteiger partial charge in [-0.15, -0.1) is 0 Å². The topological polar surface area (TPSA) is 55.4 Å². The van der Waals surface area contributed by atoms with Crippen molar-refractivity contribution in [2.45, 2.75) is 19.9 Å². The van der Waals surface area contributed by atoms with Gasteiger partial charge in [0.05, 0.1) is 5.56 Å². The molecule has 6 heteroatoms. The van der Waals surface area contributed by atoms with E-state index in [4.69, 9.17) is 4.74 Å². The first kappa shape index (κ1) is 14.6. The lowest BCUT2D eigenvalue weighted by atomic mass is 10.2. The summed E-state index contributed by atoms with van der Waals surface area (Å²) in [5.41, 5.74) is -0.207. The fraction of sp³-hybridized carbons (Fsp3) is 0.333. The van der Waals surface area contributed by atoms with Crippen molar-refractivity contribution in [3.8, 4) is 0 Å². The number of nitrogens with one attached hydrogen (secondary N) is 1. The summed E-state index contributed by atoms with van der Waals surface area (Å²) in [5, 5.41) is 2.56. The van der Waals surface area contributed by atoms with Gasteiger partial charge in [-0.05, 0) is 32.0 Å². The molecule has 0 saturated carbocycles. The van der Waals surface area contributed by atoms with Gasteiger partial charge in [-0.1, -0.05) is 15.9 Å². The average Bonchev–Trinajstić information content (AvgIpc) is 2.28. The molecule has 0 aliphatic carbocycles. The van der Waals surface area contributed by atoms with Crippen LogP contribution in [0.1, 0.15) is 24.2 Å². The molecule has 1 aromatic rings. The van der Waals surface area contributed by atoms with Gasteiger partial charge in [0.2, 0.25) is 0 Å². The Morgan fingerprint density at radius 3 is 2.72 bits per heavy atom. The summed E-state index contributed by atoms with van der Waals surface area (Å²) in [5.74, 6) is -1.98. The second-order valence-corrected chi connectivity index (χ2v) is 4.84. The van der Waals surface area contributed by atoms with Gasteiger partial charge in [0.1, 0.15) is 5.82 Å². The zero-order chi connectivity index (χ0) is 13.7. The number of carbonyl (C=O) groups is 2. The van der Waals surface area contributed by atoms with Crippen molar-refractivity contribution in [3.63, 3.8) is 0 Å². The Bertz CT molecular complexity index is 463. The molecule has 1 amide bonds. The Balaban J connectivity index is 2.60. The second kappa shape index (κ2) is 6.49. The standard InChI is InChI=1S/C12H13BrFNO3/c1-7(2)15-11(16)6-18-12(17)9-5-8(13)3-4-10(9)14/h3-5,7H,6H2,1-2H3,(H,15,16). The highest BCUT2D eigenvalue weighted by Crippen LogP contribution is 2.16. The van der Waals surface area contributed by atoms with Crippen LogP contribution in [0.4, 0.5) is 4.39 Å². The zero-order valence-electron chi connectivity index (χ0n) is 10.00. The molecule has 0 bridgehead atoms. The Morgan fingerprint density at radius 1 is 1.44 bits per heavy atom. The van der Waals surface area contributed by atoms with Crippen LogP contribution in [0.15, 0.2) is 22.7 Å². The van der Waals surface area contributed by atoms with Crippen molar-refractivity contribution < 1.29 is 18.7 Å². The molecule has 0 aliphatic heterocycles. The lowest BCUT2D eigenvalue weighted by Gasteiger charge is -2.09. The summed E-state index contributed by atoms with van der Waals surface area (Å²) >= 11 is 3.12. The maximum atomic E-state index is 13.3. The van der Waals surface area contributed by atoms with Crippen LogP contribution >= 0.6 is 15.9 Å². The van der Waals surface area contributed by atoms with E-state index in [2.05, 4.69) is 21.2 Å². The lowest BCUT2D eigenvalue weighted by molar-refractivity contribution is -0.124. The van der Waals surface area contributed by atoms with Gasteiger partial charge in [0.15, 0.2) is 6.61 Å². The van der Waals surface area contributed by atoms with E-state index in [1.165, 1.54) is 12.1 Å². The normalized spacial score (nSPS) is 10.3. The summed E-state index contributed by atoms with van der Waals surface area (Å²) in [4.78, 5) is 22.8. The van der Waals surface area contributed by atoms with Gasteiger partial charge in [-0.2, -0.15) is 0 Å². The van der Waals surface area contributed by atoms with Crippen LogP contribution in [0.3, 0.4) is 0 Å². The Hall–Kier alpha value is -1.43. The fourth-order valence-corrected chi connectivity index (χ4v) is 1.59. The molecule has 18 heavy (non-hydrogen) atoms. The molecule has 1 rings (SSSR count). The van der Waals surface area contributed by atoms with Crippen molar-refractivity contribution in [3.05, 3.63) is 34.1 Å². The van der Waals surface area contributed by atoms with Gasteiger partial charge < -0.3 is 10.1 Å². The quantitative estimate of drug-likeness (QED) is 0.867. The molecule has 98 valence electrons. The highest BCUT2D eigenvalue weighted by atomic mass is 79.9. The fourth-order valence-electron chi connectivity index (χ4n) is 1.23. The summed E-state index contributed by atoms with van der Waals surface area (Å²) in [6, 6.07) is 3.88. The minimum absolute atomic E-state index is 0.0428. The molecular formula is C12H13BrFNO3. The molecule has 4 nitrogen and oxygen atoms in total. The first-order chi connectivity index (χ1) is 8.40. The van der Waals surface area contributed by atoms with Crippen molar-refractivity contribution >= 4 is 27.8 Å². The van der Waals surface area contributed by atoms with Crippen LogP contribution in [0.25, 0.3) is 0 Å². The zero-order valence-corrected chi connectivity index (χ0v) is 11.6.